The number of rotatable bonds is 4. The molecule has 0 aromatic carbocycles. The fourth-order valence-corrected chi connectivity index (χ4v) is 0.483. The minimum absolute atomic E-state index is 0.297. The minimum atomic E-state index is -0.329. The molecule has 0 N–H and O–H groups in total. The molecule has 0 aliphatic carbocycles. The smallest absolute Gasteiger partial charge is 0.333 e. The van der Waals surface area contributed by atoms with Crippen molar-refractivity contribution in [3.8, 4) is 0 Å². The predicted molar refractivity (Wildman–Crippen MR) is 62.6 cm³/mol. The van der Waals surface area contributed by atoms with Crippen molar-refractivity contribution in [1.29, 1.82) is 0 Å². The summed E-state index contributed by atoms with van der Waals surface area (Å²) in [6.07, 6.45) is 1.10. The van der Waals surface area contributed by atoms with E-state index in [-0.39, 0.29) is 11.9 Å². The summed E-state index contributed by atoms with van der Waals surface area (Å²) in [6.45, 7) is 14.0. The van der Waals surface area contributed by atoms with Gasteiger partial charge in [-0.05, 0) is 12.8 Å². The zero-order chi connectivity index (χ0) is 13.1. The lowest BCUT2D eigenvalue weighted by Gasteiger charge is -2.05. The minimum Gasteiger partial charge on any atom is -0.462 e. The molecule has 0 radical (unpaired) electrons. The van der Waals surface area contributed by atoms with Crippen LogP contribution in [0.1, 0.15) is 27.7 Å². The van der Waals surface area contributed by atoms with Crippen LogP contribution in [0.3, 0.4) is 0 Å². The van der Waals surface area contributed by atoms with Crippen LogP contribution in [-0.4, -0.2) is 18.5 Å². The number of carbonyl (C=O) groups excluding carboxylic acids is 2. The topological polar surface area (TPSA) is 52.6 Å². The molecular weight excluding hydrogens is 208 g/mol. The molecule has 0 atom stereocenters. The summed E-state index contributed by atoms with van der Waals surface area (Å²) < 4.78 is 8.99. The monoisotopic (exact) mass is 228 g/mol. The van der Waals surface area contributed by atoms with E-state index in [2.05, 4.69) is 17.9 Å². The molecule has 0 saturated carbocycles. The molecule has 0 aromatic heterocycles. The van der Waals surface area contributed by atoms with Gasteiger partial charge in [0, 0.05) is 12.5 Å². The molecule has 92 valence electrons. The van der Waals surface area contributed by atoms with Crippen molar-refractivity contribution in [3.63, 3.8) is 0 Å². The fraction of sp³-hybridized carbons (Fsp3) is 0.500. The zero-order valence-electron chi connectivity index (χ0n) is 10.4. The molecule has 0 unspecified atom stereocenters. The Morgan fingerprint density at radius 1 is 1.31 bits per heavy atom. The average molecular weight is 228 g/mol. The Morgan fingerprint density at radius 3 is 2.00 bits per heavy atom. The molecule has 4 heteroatoms. The van der Waals surface area contributed by atoms with E-state index < -0.39 is 0 Å². The summed E-state index contributed by atoms with van der Waals surface area (Å²) in [5.41, 5.74) is 0.459. The number of ether oxygens (including phenoxy) is 2. The second-order valence-corrected chi connectivity index (χ2v) is 3.55. The molecule has 0 heterocycles. The summed E-state index contributed by atoms with van der Waals surface area (Å²) in [7, 11) is 0. The van der Waals surface area contributed by atoms with Crippen LogP contribution in [0.15, 0.2) is 25.0 Å². The van der Waals surface area contributed by atoms with E-state index >= 15 is 0 Å². The fourth-order valence-electron chi connectivity index (χ4n) is 0.483. The highest BCUT2D eigenvalue weighted by Crippen LogP contribution is 1.97. The number of esters is 2. The first kappa shape index (κ1) is 16.8. The van der Waals surface area contributed by atoms with E-state index in [4.69, 9.17) is 4.74 Å². The Bertz CT molecular complexity index is 254. The van der Waals surface area contributed by atoms with Crippen molar-refractivity contribution in [2.45, 2.75) is 27.7 Å². The first-order valence-electron chi connectivity index (χ1n) is 4.92. The van der Waals surface area contributed by atoms with Crippen LogP contribution >= 0.6 is 0 Å². The van der Waals surface area contributed by atoms with Crippen LogP contribution in [0.4, 0.5) is 0 Å². The molecule has 0 amide bonds. The first-order chi connectivity index (χ1) is 7.31. The summed E-state index contributed by atoms with van der Waals surface area (Å²) in [5, 5.41) is 0. The summed E-state index contributed by atoms with van der Waals surface area (Å²) in [6, 6.07) is 0. The zero-order valence-corrected chi connectivity index (χ0v) is 10.4. The van der Waals surface area contributed by atoms with E-state index in [0.717, 1.165) is 6.26 Å². The second-order valence-electron chi connectivity index (χ2n) is 3.55. The third-order valence-electron chi connectivity index (χ3n) is 1.15. The van der Waals surface area contributed by atoms with Gasteiger partial charge in [0.25, 0.3) is 0 Å². The second kappa shape index (κ2) is 9.96. The van der Waals surface area contributed by atoms with Crippen LogP contribution in [0, 0.1) is 5.92 Å². The lowest BCUT2D eigenvalue weighted by molar-refractivity contribution is -0.140. The molecule has 4 nitrogen and oxygen atoms in total. The van der Waals surface area contributed by atoms with Gasteiger partial charge in [0.1, 0.15) is 0 Å². The van der Waals surface area contributed by atoms with Gasteiger partial charge in [0.05, 0.1) is 12.9 Å². The Balaban J connectivity index is 0. The number of hydrogen-bond donors (Lipinski definition) is 0. The van der Waals surface area contributed by atoms with Crippen molar-refractivity contribution in [2.75, 3.05) is 6.61 Å². The molecule has 0 aliphatic rings. The lowest BCUT2D eigenvalue weighted by atomic mass is 10.2. The normalized spacial score (nSPS) is 8.56. The Hall–Kier alpha value is -1.58. The molecule has 0 bridgehead atoms. The maximum absolute atomic E-state index is 10.7. The van der Waals surface area contributed by atoms with Gasteiger partial charge >= 0.3 is 11.9 Å². The molecule has 0 rings (SSSR count). The van der Waals surface area contributed by atoms with E-state index in [1.807, 2.05) is 13.8 Å². The van der Waals surface area contributed by atoms with Crippen molar-refractivity contribution in [3.05, 3.63) is 25.0 Å². The van der Waals surface area contributed by atoms with E-state index in [9.17, 15) is 9.59 Å². The van der Waals surface area contributed by atoms with Crippen molar-refractivity contribution in [1.82, 2.24) is 0 Å². The first-order valence-corrected chi connectivity index (χ1v) is 4.92. The van der Waals surface area contributed by atoms with Crippen molar-refractivity contribution < 1.29 is 19.1 Å². The van der Waals surface area contributed by atoms with E-state index in [1.165, 1.54) is 6.92 Å². The summed E-state index contributed by atoms with van der Waals surface area (Å²) in [4.78, 5) is 20.5. The number of carbonyl (C=O) groups is 2. The van der Waals surface area contributed by atoms with E-state index in [0.29, 0.717) is 18.1 Å². The van der Waals surface area contributed by atoms with Gasteiger partial charge in [-0.3, -0.25) is 4.79 Å². The van der Waals surface area contributed by atoms with Crippen LogP contribution in [0.2, 0.25) is 0 Å². The third-order valence-corrected chi connectivity index (χ3v) is 1.15. The Morgan fingerprint density at radius 2 is 1.81 bits per heavy atom. The average Bonchev–Trinajstić information content (AvgIpc) is 2.14. The highest BCUT2D eigenvalue weighted by Gasteiger charge is 2.03. The standard InChI is InChI=1S/C8H14O2.C4H6O2/c1-6(2)5-10-8(9)7(3)4;1-3-6-4(2)5/h6H,3,5H2,1-2,4H3;3H,1H2,2H3. The number of hydrogen-bond acceptors (Lipinski definition) is 4. The third kappa shape index (κ3) is 14.9. The molecule has 0 spiro atoms. The summed E-state index contributed by atoms with van der Waals surface area (Å²) >= 11 is 0. The van der Waals surface area contributed by atoms with Crippen molar-refractivity contribution in [2.24, 2.45) is 5.92 Å². The Labute approximate surface area is 96.9 Å². The molecule has 0 fully saturated rings. The largest absolute Gasteiger partial charge is 0.462 e. The van der Waals surface area contributed by atoms with Crippen LogP contribution in [0.25, 0.3) is 0 Å². The highest BCUT2D eigenvalue weighted by molar-refractivity contribution is 5.86. The van der Waals surface area contributed by atoms with Gasteiger partial charge in [0.15, 0.2) is 0 Å². The van der Waals surface area contributed by atoms with Gasteiger partial charge < -0.3 is 9.47 Å². The van der Waals surface area contributed by atoms with Gasteiger partial charge in [-0.1, -0.05) is 27.0 Å². The van der Waals surface area contributed by atoms with Crippen LogP contribution < -0.4 is 0 Å². The van der Waals surface area contributed by atoms with Crippen LogP contribution in [-0.2, 0) is 19.1 Å². The molecule has 0 aliphatic heterocycles. The molecule has 0 saturated heterocycles. The highest BCUT2D eigenvalue weighted by atomic mass is 16.5. The maximum Gasteiger partial charge on any atom is 0.333 e. The quantitative estimate of drug-likeness (QED) is 0.421. The maximum atomic E-state index is 10.7. The van der Waals surface area contributed by atoms with E-state index in [1.54, 1.807) is 6.92 Å². The summed E-state index contributed by atoms with van der Waals surface area (Å²) in [5.74, 6) is -0.234. The molecule has 0 aromatic rings. The van der Waals surface area contributed by atoms with Gasteiger partial charge in [-0.25, -0.2) is 4.79 Å². The van der Waals surface area contributed by atoms with Crippen molar-refractivity contribution >= 4 is 11.9 Å². The molecular formula is C12H20O4. The Kier molecular flexibility index (Phi) is 10.5. The molecule has 16 heavy (non-hydrogen) atoms. The van der Waals surface area contributed by atoms with Gasteiger partial charge in [-0.15, -0.1) is 0 Å². The lowest BCUT2D eigenvalue weighted by Crippen LogP contribution is -2.09. The van der Waals surface area contributed by atoms with Gasteiger partial charge in [0.2, 0.25) is 0 Å². The van der Waals surface area contributed by atoms with Crippen LogP contribution in [0.5, 0.6) is 0 Å². The SMILES string of the molecule is C=C(C)C(=O)OCC(C)C.C=COC(C)=O. The predicted octanol–water partition coefficient (Wildman–Crippen LogP) is 2.45. The van der Waals surface area contributed by atoms with Gasteiger partial charge in [-0.2, -0.15) is 0 Å².